The van der Waals surface area contributed by atoms with Crippen molar-refractivity contribution >= 4 is 11.7 Å². The van der Waals surface area contributed by atoms with E-state index in [1.807, 2.05) is 29.8 Å². The summed E-state index contributed by atoms with van der Waals surface area (Å²) in [5.74, 6) is 1.20. The van der Waals surface area contributed by atoms with E-state index in [0.29, 0.717) is 11.5 Å². The summed E-state index contributed by atoms with van der Waals surface area (Å²) >= 11 is 0. The molecule has 1 aromatic heterocycles. The van der Waals surface area contributed by atoms with E-state index >= 15 is 0 Å². The first-order valence-corrected chi connectivity index (χ1v) is 11.9. The lowest BCUT2D eigenvalue weighted by Gasteiger charge is -2.41. The van der Waals surface area contributed by atoms with Crippen molar-refractivity contribution in [3.05, 3.63) is 71.5 Å². The minimum Gasteiger partial charge on any atom is -0.366 e. The number of hydrogen-bond acceptors (Lipinski definition) is 3. The van der Waals surface area contributed by atoms with Crippen LogP contribution in [0.4, 0.5) is 5.82 Å². The number of aromatic nitrogens is 2. The zero-order chi connectivity index (χ0) is 22.9. The Bertz CT molecular complexity index is 1030. The quantitative estimate of drug-likeness (QED) is 0.617. The van der Waals surface area contributed by atoms with Crippen molar-refractivity contribution in [2.45, 2.75) is 77.4 Å². The Morgan fingerprint density at radius 2 is 1.94 bits per heavy atom. The van der Waals surface area contributed by atoms with Gasteiger partial charge in [0.15, 0.2) is 0 Å². The number of nitrogens with one attached hydrogen (secondary N) is 2. The van der Waals surface area contributed by atoms with E-state index in [-0.39, 0.29) is 17.5 Å². The smallest absolute Gasteiger partial charge is 0.257 e. The monoisotopic (exact) mass is 432 g/mol. The van der Waals surface area contributed by atoms with E-state index in [1.54, 1.807) is 0 Å². The van der Waals surface area contributed by atoms with Gasteiger partial charge in [-0.15, -0.1) is 0 Å². The SMILES string of the molecule is CCC(CC)(NC(=O)c1c(C)nn2c1N[C@@H](C1C=CC=CC1)CC2(C)C)c1ccccc1. The van der Waals surface area contributed by atoms with Crippen LogP contribution in [0.15, 0.2) is 54.6 Å². The van der Waals surface area contributed by atoms with E-state index < -0.39 is 5.54 Å². The molecule has 5 heteroatoms. The molecule has 5 nitrogen and oxygen atoms in total. The van der Waals surface area contributed by atoms with E-state index in [2.05, 4.69) is 74.8 Å². The largest absolute Gasteiger partial charge is 0.366 e. The van der Waals surface area contributed by atoms with Gasteiger partial charge < -0.3 is 10.6 Å². The molecule has 2 N–H and O–H groups in total. The Kier molecular flexibility index (Phi) is 6.02. The fraction of sp³-hybridized carbons (Fsp3) is 0.481. The van der Waals surface area contributed by atoms with Gasteiger partial charge in [-0.2, -0.15) is 5.10 Å². The third kappa shape index (κ3) is 3.89. The first kappa shape index (κ1) is 22.4. The molecule has 0 saturated carbocycles. The molecule has 2 aromatic rings. The molecule has 32 heavy (non-hydrogen) atoms. The molecular weight excluding hydrogens is 396 g/mol. The summed E-state index contributed by atoms with van der Waals surface area (Å²) in [6.07, 6.45) is 12.4. The molecule has 1 aliphatic carbocycles. The van der Waals surface area contributed by atoms with Crippen LogP contribution < -0.4 is 10.6 Å². The number of benzene rings is 1. The average molecular weight is 433 g/mol. The second kappa shape index (κ2) is 8.61. The Balaban J connectivity index is 1.69. The molecule has 0 spiro atoms. The molecule has 2 aliphatic rings. The molecule has 0 radical (unpaired) electrons. The van der Waals surface area contributed by atoms with Crippen LogP contribution in [-0.2, 0) is 11.1 Å². The van der Waals surface area contributed by atoms with Crippen LogP contribution in [0.3, 0.4) is 0 Å². The van der Waals surface area contributed by atoms with Gasteiger partial charge >= 0.3 is 0 Å². The number of aryl methyl sites for hydroxylation is 1. The van der Waals surface area contributed by atoms with Crippen molar-refractivity contribution in [1.29, 1.82) is 0 Å². The summed E-state index contributed by atoms with van der Waals surface area (Å²) in [6.45, 7) is 10.6. The van der Waals surface area contributed by atoms with Gasteiger partial charge in [0.1, 0.15) is 11.4 Å². The highest BCUT2D eigenvalue weighted by molar-refractivity contribution is 6.00. The van der Waals surface area contributed by atoms with Crippen LogP contribution in [0.2, 0.25) is 0 Å². The van der Waals surface area contributed by atoms with Gasteiger partial charge in [0.2, 0.25) is 0 Å². The van der Waals surface area contributed by atoms with Crippen LogP contribution in [-0.4, -0.2) is 21.7 Å². The number of carbonyl (C=O) groups excluding carboxylic acids is 1. The number of hydrogen-bond donors (Lipinski definition) is 2. The standard InChI is InChI=1S/C27H36N4O/c1-6-27(7-2,21-16-12-9-13-17-21)29-25(32)23-19(3)30-31-24(23)28-22(18-26(31,4)5)20-14-10-8-11-15-20/h8-14,16-17,20,22,28H,6-7,15,18H2,1-5H3,(H,29,32)/t20?,22-/m1/s1. The van der Waals surface area contributed by atoms with Crippen molar-refractivity contribution in [2.24, 2.45) is 5.92 Å². The zero-order valence-corrected chi connectivity index (χ0v) is 20.0. The molecule has 1 unspecified atom stereocenters. The van der Waals surface area contributed by atoms with Gasteiger partial charge in [0.25, 0.3) is 5.91 Å². The van der Waals surface area contributed by atoms with Gasteiger partial charge in [-0.1, -0.05) is 68.5 Å². The first-order chi connectivity index (χ1) is 15.3. The Hall–Kier alpha value is -2.82. The molecule has 170 valence electrons. The lowest BCUT2D eigenvalue weighted by molar-refractivity contribution is 0.0889. The molecule has 1 aromatic carbocycles. The topological polar surface area (TPSA) is 59.0 Å². The highest BCUT2D eigenvalue weighted by atomic mass is 16.2. The number of carbonyl (C=O) groups is 1. The molecule has 2 heterocycles. The predicted octanol–water partition coefficient (Wildman–Crippen LogP) is 5.69. The highest BCUT2D eigenvalue weighted by Crippen LogP contribution is 2.39. The van der Waals surface area contributed by atoms with Crippen molar-refractivity contribution in [2.75, 3.05) is 5.32 Å². The second-order valence-corrected chi connectivity index (χ2v) is 9.81. The van der Waals surface area contributed by atoms with Gasteiger partial charge in [0.05, 0.1) is 16.8 Å². The van der Waals surface area contributed by atoms with Crippen LogP contribution in [0.1, 0.15) is 75.0 Å². The maximum absolute atomic E-state index is 13.8. The maximum atomic E-state index is 13.8. The number of rotatable bonds is 6. The Morgan fingerprint density at radius 1 is 1.22 bits per heavy atom. The number of fused-ring (bicyclic) bond motifs is 1. The molecule has 0 fully saturated rings. The molecule has 1 aliphatic heterocycles. The van der Waals surface area contributed by atoms with Crippen LogP contribution in [0, 0.1) is 12.8 Å². The third-order valence-electron chi connectivity index (χ3n) is 7.32. The van der Waals surface area contributed by atoms with Gasteiger partial charge in [0, 0.05) is 12.0 Å². The Morgan fingerprint density at radius 3 is 2.56 bits per heavy atom. The summed E-state index contributed by atoms with van der Waals surface area (Å²) in [7, 11) is 0. The molecular formula is C27H36N4O. The molecule has 2 atom stereocenters. The molecule has 1 amide bonds. The zero-order valence-electron chi connectivity index (χ0n) is 20.0. The Labute approximate surface area is 192 Å². The van der Waals surface area contributed by atoms with Gasteiger partial charge in [-0.05, 0) is 52.0 Å². The van der Waals surface area contributed by atoms with Gasteiger partial charge in [-0.3, -0.25) is 4.79 Å². The third-order valence-corrected chi connectivity index (χ3v) is 7.32. The summed E-state index contributed by atoms with van der Waals surface area (Å²) < 4.78 is 2.03. The average Bonchev–Trinajstić information content (AvgIpc) is 3.15. The van der Waals surface area contributed by atoms with Crippen LogP contribution in [0.25, 0.3) is 0 Å². The second-order valence-electron chi connectivity index (χ2n) is 9.81. The molecule has 0 bridgehead atoms. The van der Waals surface area contributed by atoms with Crippen molar-refractivity contribution in [3.63, 3.8) is 0 Å². The van der Waals surface area contributed by atoms with Crippen molar-refractivity contribution in [3.8, 4) is 0 Å². The number of anilines is 1. The van der Waals surface area contributed by atoms with E-state index in [9.17, 15) is 4.79 Å². The van der Waals surface area contributed by atoms with Crippen LogP contribution >= 0.6 is 0 Å². The minimum atomic E-state index is -0.403. The summed E-state index contributed by atoms with van der Waals surface area (Å²) in [5, 5.41) is 11.9. The highest BCUT2D eigenvalue weighted by Gasteiger charge is 2.40. The van der Waals surface area contributed by atoms with Crippen molar-refractivity contribution < 1.29 is 4.79 Å². The predicted molar refractivity (Wildman–Crippen MR) is 131 cm³/mol. The summed E-state index contributed by atoms with van der Waals surface area (Å²) in [6, 6.07) is 10.6. The maximum Gasteiger partial charge on any atom is 0.257 e. The van der Waals surface area contributed by atoms with E-state index in [0.717, 1.165) is 42.8 Å². The summed E-state index contributed by atoms with van der Waals surface area (Å²) in [5.41, 5.74) is 2.00. The number of nitrogens with zero attached hydrogens (tertiary/aromatic N) is 2. The summed E-state index contributed by atoms with van der Waals surface area (Å²) in [4.78, 5) is 13.8. The normalized spacial score (nSPS) is 21.7. The first-order valence-electron chi connectivity index (χ1n) is 11.9. The van der Waals surface area contributed by atoms with Crippen LogP contribution in [0.5, 0.6) is 0 Å². The lowest BCUT2D eigenvalue weighted by Crippen LogP contribution is -2.47. The molecule has 4 rings (SSSR count). The fourth-order valence-corrected chi connectivity index (χ4v) is 5.32. The fourth-order valence-electron chi connectivity index (χ4n) is 5.32. The van der Waals surface area contributed by atoms with Gasteiger partial charge in [-0.25, -0.2) is 4.68 Å². The minimum absolute atomic E-state index is 0.0562. The number of amides is 1. The van der Waals surface area contributed by atoms with E-state index in [4.69, 9.17) is 5.10 Å². The van der Waals surface area contributed by atoms with E-state index in [1.165, 1.54) is 0 Å². The molecule has 0 saturated heterocycles. The lowest BCUT2D eigenvalue weighted by atomic mass is 9.82. The number of allylic oxidation sites excluding steroid dienone is 3. The van der Waals surface area contributed by atoms with Crippen molar-refractivity contribution in [1.82, 2.24) is 15.1 Å².